The van der Waals surface area contributed by atoms with E-state index >= 15 is 0 Å². The van der Waals surface area contributed by atoms with E-state index in [0.29, 0.717) is 10.8 Å². The van der Waals surface area contributed by atoms with Crippen molar-refractivity contribution in [3.05, 3.63) is 88.2 Å². The lowest BCUT2D eigenvalue weighted by atomic mass is 9.87. The van der Waals surface area contributed by atoms with Crippen LogP contribution in [0.3, 0.4) is 0 Å². The third-order valence-electron chi connectivity index (χ3n) is 4.82. The summed E-state index contributed by atoms with van der Waals surface area (Å²) in [5.74, 6) is 0.324. The Bertz CT molecular complexity index is 1120. The van der Waals surface area contributed by atoms with Crippen molar-refractivity contribution in [3.63, 3.8) is 0 Å². The van der Waals surface area contributed by atoms with E-state index in [1.807, 2.05) is 12.1 Å². The van der Waals surface area contributed by atoms with Gasteiger partial charge in [0, 0.05) is 11.2 Å². The van der Waals surface area contributed by atoms with Gasteiger partial charge in [-0.15, -0.1) is 0 Å². The molecule has 1 heterocycles. The van der Waals surface area contributed by atoms with Crippen molar-refractivity contribution >= 4 is 17.3 Å². The van der Waals surface area contributed by atoms with Crippen LogP contribution < -0.4 is 4.74 Å². The van der Waals surface area contributed by atoms with Gasteiger partial charge in [0.2, 0.25) is 0 Å². The molecule has 3 rings (SSSR count). The molecule has 0 unspecified atom stereocenters. The van der Waals surface area contributed by atoms with E-state index < -0.39 is 11.7 Å². The Labute approximate surface area is 196 Å². The number of pyridine rings is 1. The molecule has 0 N–H and O–H groups in total. The zero-order valence-electron chi connectivity index (χ0n) is 18.7. The number of ether oxygens (including phenoxy) is 1. The summed E-state index contributed by atoms with van der Waals surface area (Å²) in [6, 6.07) is 15.1. The maximum absolute atomic E-state index is 13.3. The van der Waals surface area contributed by atoms with Gasteiger partial charge >= 0.3 is 6.18 Å². The fourth-order valence-corrected chi connectivity index (χ4v) is 3.05. The summed E-state index contributed by atoms with van der Waals surface area (Å²) in [5, 5.41) is 4.61. The number of nitrogens with zero attached hydrogens (tertiary/aromatic N) is 2. The number of rotatable bonds is 6. The Kier molecular flexibility index (Phi) is 7.32. The Morgan fingerprint density at radius 1 is 0.970 bits per heavy atom. The van der Waals surface area contributed by atoms with E-state index in [1.54, 1.807) is 43.3 Å². The molecule has 0 radical (unpaired) electrons. The van der Waals surface area contributed by atoms with Crippen molar-refractivity contribution < 1.29 is 22.7 Å². The van der Waals surface area contributed by atoms with Crippen LogP contribution in [-0.4, -0.2) is 10.7 Å². The summed E-state index contributed by atoms with van der Waals surface area (Å²) in [6.07, 6.45) is -3.81. The van der Waals surface area contributed by atoms with Crippen molar-refractivity contribution in [2.24, 2.45) is 5.16 Å². The van der Waals surface area contributed by atoms with E-state index in [9.17, 15) is 13.2 Å². The lowest BCUT2D eigenvalue weighted by Gasteiger charge is -2.19. The predicted molar refractivity (Wildman–Crippen MR) is 123 cm³/mol. The predicted octanol–water partition coefficient (Wildman–Crippen LogP) is 7.78. The molecule has 174 valence electrons. The average molecular weight is 477 g/mol. The minimum absolute atomic E-state index is 0.0634. The molecule has 33 heavy (non-hydrogen) atoms. The van der Waals surface area contributed by atoms with E-state index in [-0.39, 0.29) is 29.2 Å². The lowest BCUT2D eigenvalue weighted by Crippen LogP contribution is -2.11. The minimum atomic E-state index is -4.56. The summed E-state index contributed by atoms with van der Waals surface area (Å²) < 4.78 is 45.6. The number of halogens is 4. The van der Waals surface area contributed by atoms with Crippen LogP contribution in [0.1, 0.15) is 50.1 Å². The summed E-state index contributed by atoms with van der Waals surface area (Å²) in [6.45, 7) is 7.97. The monoisotopic (exact) mass is 476 g/mol. The molecule has 0 aliphatic carbocycles. The highest BCUT2D eigenvalue weighted by Crippen LogP contribution is 2.34. The van der Waals surface area contributed by atoms with Gasteiger partial charge in [-0.05, 0) is 53.8 Å². The standard InChI is InChI=1S/C25H24ClF3N2O2/c1-16(31-32-15-17-5-9-20(26)10-6-17)23-22(13-19(14-30-23)25(27,28)29)33-21-11-7-18(8-12-21)24(2,3)4/h5-14H,15H2,1-4H3/b31-16-. The van der Waals surface area contributed by atoms with Crippen molar-refractivity contribution in [2.75, 3.05) is 0 Å². The molecule has 0 amide bonds. The molecule has 8 heteroatoms. The van der Waals surface area contributed by atoms with Gasteiger partial charge < -0.3 is 9.57 Å². The van der Waals surface area contributed by atoms with Crippen LogP contribution in [0.5, 0.6) is 11.5 Å². The van der Waals surface area contributed by atoms with Crippen molar-refractivity contribution in [2.45, 2.75) is 45.9 Å². The number of aromatic nitrogens is 1. The highest BCUT2D eigenvalue weighted by Gasteiger charge is 2.32. The van der Waals surface area contributed by atoms with Gasteiger partial charge in [-0.2, -0.15) is 13.2 Å². The molecule has 3 aromatic rings. The molecule has 0 aliphatic heterocycles. The quantitative estimate of drug-likeness (QED) is 0.269. The smallest absolute Gasteiger partial charge is 0.418 e. The second-order valence-electron chi connectivity index (χ2n) is 8.52. The Morgan fingerprint density at radius 3 is 2.18 bits per heavy atom. The van der Waals surface area contributed by atoms with Crippen LogP contribution in [0, 0.1) is 0 Å². The largest absolute Gasteiger partial charge is 0.455 e. The molecule has 0 aliphatic rings. The van der Waals surface area contributed by atoms with Crippen LogP contribution in [-0.2, 0) is 23.0 Å². The Morgan fingerprint density at radius 2 is 1.61 bits per heavy atom. The molecule has 0 saturated carbocycles. The molecule has 1 aromatic heterocycles. The average Bonchev–Trinajstić information content (AvgIpc) is 2.74. The second kappa shape index (κ2) is 9.83. The number of alkyl halides is 3. The molecule has 0 spiro atoms. The maximum atomic E-state index is 13.3. The zero-order chi connectivity index (χ0) is 24.2. The Balaban J connectivity index is 1.86. The maximum Gasteiger partial charge on any atom is 0.418 e. The lowest BCUT2D eigenvalue weighted by molar-refractivity contribution is -0.137. The van der Waals surface area contributed by atoms with Gasteiger partial charge in [-0.25, -0.2) is 0 Å². The summed E-state index contributed by atoms with van der Waals surface area (Å²) in [4.78, 5) is 9.32. The summed E-state index contributed by atoms with van der Waals surface area (Å²) in [5.41, 5.74) is 1.37. The molecule has 0 bridgehead atoms. The second-order valence-corrected chi connectivity index (χ2v) is 8.96. The Hall–Kier alpha value is -3.06. The SMILES string of the molecule is C/C(=N/OCc1ccc(Cl)cc1)c1ncc(C(F)(F)F)cc1Oc1ccc(C(C)(C)C)cc1. The highest BCUT2D eigenvalue weighted by atomic mass is 35.5. The van der Waals surface area contributed by atoms with Crippen LogP contribution >= 0.6 is 11.6 Å². The number of hydrogen-bond donors (Lipinski definition) is 0. The molecule has 0 saturated heterocycles. The topological polar surface area (TPSA) is 43.7 Å². The summed E-state index contributed by atoms with van der Waals surface area (Å²) in [7, 11) is 0. The zero-order valence-corrected chi connectivity index (χ0v) is 19.5. The van der Waals surface area contributed by atoms with Crippen molar-refractivity contribution in [1.29, 1.82) is 0 Å². The van der Waals surface area contributed by atoms with Gasteiger partial charge in [0.25, 0.3) is 0 Å². The first-order valence-electron chi connectivity index (χ1n) is 10.2. The molecule has 0 fully saturated rings. The van der Waals surface area contributed by atoms with Crippen molar-refractivity contribution in [3.8, 4) is 11.5 Å². The third kappa shape index (κ3) is 6.71. The number of benzene rings is 2. The highest BCUT2D eigenvalue weighted by molar-refractivity contribution is 6.30. The molecular formula is C25H24ClF3N2O2. The first-order valence-corrected chi connectivity index (χ1v) is 10.6. The third-order valence-corrected chi connectivity index (χ3v) is 5.07. The van der Waals surface area contributed by atoms with E-state index in [2.05, 4.69) is 30.9 Å². The van der Waals surface area contributed by atoms with Gasteiger partial charge in [-0.1, -0.05) is 61.8 Å². The molecular weight excluding hydrogens is 453 g/mol. The van der Waals surface area contributed by atoms with Crippen LogP contribution in [0.2, 0.25) is 5.02 Å². The van der Waals surface area contributed by atoms with E-state index in [0.717, 1.165) is 23.4 Å². The minimum Gasteiger partial charge on any atom is -0.455 e. The molecule has 0 atom stereocenters. The van der Waals surface area contributed by atoms with Crippen molar-refractivity contribution in [1.82, 2.24) is 4.98 Å². The van der Waals surface area contributed by atoms with Crippen LogP contribution in [0.4, 0.5) is 13.2 Å². The number of oxime groups is 1. The van der Waals surface area contributed by atoms with Crippen LogP contribution in [0.25, 0.3) is 0 Å². The van der Waals surface area contributed by atoms with Gasteiger partial charge in [0.15, 0.2) is 5.75 Å². The fraction of sp³-hybridized carbons (Fsp3) is 0.280. The fourth-order valence-electron chi connectivity index (χ4n) is 2.93. The van der Waals surface area contributed by atoms with Gasteiger partial charge in [0.05, 0.1) is 5.56 Å². The van der Waals surface area contributed by atoms with Gasteiger partial charge in [0.1, 0.15) is 23.8 Å². The summed E-state index contributed by atoms with van der Waals surface area (Å²) >= 11 is 5.87. The van der Waals surface area contributed by atoms with E-state index in [1.165, 1.54) is 0 Å². The molecule has 2 aromatic carbocycles. The first kappa shape index (κ1) is 24.6. The number of hydrogen-bond acceptors (Lipinski definition) is 4. The normalized spacial score (nSPS) is 12.5. The first-order chi connectivity index (χ1) is 15.4. The van der Waals surface area contributed by atoms with Crippen LogP contribution in [0.15, 0.2) is 65.9 Å². The van der Waals surface area contributed by atoms with Gasteiger partial charge in [-0.3, -0.25) is 4.98 Å². The molecule has 4 nitrogen and oxygen atoms in total. The van der Waals surface area contributed by atoms with E-state index in [4.69, 9.17) is 21.2 Å².